The molecule has 0 spiro atoms. The van der Waals surface area contributed by atoms with Gasteiger partial charge < -0.3 is 14.6 Å². The molecule has 0 aliphatic rings. The second-order valence-electron chi connectivity index (χ2n) is 22.2. The lowest BCUT2D eigenvalue weighted by Gasteiger charge is -2.15. The van der Waals surface area contributed by atoms with E-state index in [0.717, 1.165) is 32.1 Å². The van der Waals surface area contributed by atoms with Crippen molar-refractivity contribution in [1.29, 1.82) is 0 Å². The number of hydrogen-bond donors (Lipinski definition) is 1. The van der Waals surface area contributed by atoms with Gasteiger partial charge in [-0.15, -0.1) is 0 Å². The average Bonchev–Trinajstić information content (AvgIpc) is 3.35. The first-order valence-corrected chi connectivity index (χ1v) is 32.1. The Balaban J connectivity index is 3.31. The lowest BCUT2D eigenvalue weighted by atomic mass is 10.0. The van der Waals surface area contributed by atoms with Crippen molar-refractivity contribution in [2.75, 3.05) is 13.2 Å². The highest BCUT2D eigenvalue weighted by Gasteiger charge is 2.16. The molecule has 1 atom stereocenters. The van der Waals surface area contributed by atoms with Gasteiger partial charge in [-0.3, -0.25) is 9.59 Å². The topological polar surface area (TPSA) is 72.8 Å². The van der Waals surface area contributed by atoms with Crippen molar-refractivity contribution >= 4 is 11.9 Å². The summed E-state index contributed by atoms with van der Waals surface area (Å²) in [5.41, 5.74) is 0. The second-order valence-corrected chi connectivity index (χ2v) is 22.2. The summed E-state index contributed by atoms with van der Waals surface area (Å²) in [7, 11) is 0. The third-order valence-electron chi connectivity index (χ3n) is 15.2. The zero-order valence-corrected chi connectivity index (χ0v) is 47.4. The van der Waals surface area contributed by atoms with E-state index in [-0.39, 0.29) is 25.2 Å². The summed E-state index contributed by atoms with van der Waals surface area (Å²) in [6, 6.07) is 0. The Morgan fingerprint density at radius 2 is 0.449 bits per heavy atom. The summed E-state index contributed by atoms with van der Waals surface area (Å²) in [6.45, 7) is 4.20. The first kappa shape index (κ1) is 67.9. The summed E-state index contributed by atoms with van der Waals surface area (Å²) in [5, 5.41) is 9.65. The molecule has 0 fully saturated rings. The fraction of sp³-hybridized carbons (Fsp3) is 0.969. The van der Waals surface area contributed by atoms with Crippen LogP contribution >= 0.6 is 0 Å². The molecular weight excluding hydrogens is 849 g/mol. The molecule has 0 heterocycles. The molecule has 412 valence electrons. The van der Waals surface area contributed by atoms with Crippen molar-refractivity contribution in [2.24, 2.45) is 0 Å². The number of hydrogen-bond acceptors (Lipinski definition) is 5. The molecule has 0 aliphatic heterocycles. The van der Waals surface area contributed by atoms with E-state index in [1.807, 2.05) is 0 Å². The molecule has 0 aromatic heterocycles. The van der Waals surface area contributed by atoms with Crippen LogP contribution in [0.1, 0.15) is 380 Å². The summed E-state index contributed by atoms with van der Waals surface area (Å²) in [6.07, 6.45) is 75.7. The van der Waals surface area contributed by atoms with Crippen molar-refractivity contribution in [1.82, 2.24) is 0 Å². The molecule has 1 N–H and O–H groups in total. The minimum atomic E-state index is -0.764. The molecule has 0 radical (unpaired) electrons. The first-order chi connectivity index (χ1) is 34.1. The number of rotatable bonds is 61. The molecular formula is C64H126O5. The predicted octanol–water partition coefficient (Wildman–Crippen LogP) is 21.7. The van der Waals surface area contributed by atoms with Crippen LogP contribution in [0.2, 0.25) is 0 Å². The number of unbranched alkanes of at least 4 members (excludes halogenated alkanes) is 53. The Morgan fingerprint density at radius 1 is 0.275 bits per heavy atom. The lowest BCUT2D eigenvalue weighted by molar-refractivity contribution is -0.161. The second kappa shape index (κ2) is 61.2. The molecule has 5 heteroatoms. The molecule has 0 saturated heterocycles. The van der Waals surface area contributed by atoms with Gasteiger partial charge in [-0.2, -0.15) is 0 Å². The van der Waals surface area contributed by atoms with E-state index in [0.29, 0.717) is 12.8 Å². The highest BCUT2D eigenvalue weighted by molar-refractivity contribution is 5.70. The van der Waals surface area contributed by atoms with Gasteiger partial charge in [-0.25, -0.2) is 0 Å². The highest BCUT2D eigenvalue weighted by atomic mass is 16.6. The zero-order valence-electron chi connectivity index (χ0n) is 47.4. The van der Waals surface area contributed by atoms with Gasteiger partial charge >= 0.3 is 11.9 Å². The van der Waals surface area contributed by atoms with Crippen LogP contribution in [0.15, 0.2) is 0 Å². The average molecular weight is 976 g/mol. The summed E-state index contributed by atoms with van der Waals surface area (Å²) < 4.78 is 10.7. The molecule has 0 aliphatic carbocycles. The van der Waals surface area contributed by atoms with E-state index in [1.54, 1.807) is 0 Å². The van der Waals surface area contributed by atoms with Crippen molar-refractivity contribution in [3.05, 3.63) is 0 Å². The quantitative estimate of drug-likeness (QED) is 0.0486. The first-order valence-electron chi connectivity index (χ1n) is 32.1. The molecule has 0 aromatic carbocycles. The molecule has 0 amide bonds. The SMILES string of the molecule is CCCCCCCCCCCCCCCCCCCCCCCCCCCCCCCCCCCCCCCCCCC(=O)OC(CO)COC(=O)CCCCCCCCCCCCCCCCC. The maximum Gasteiger partial charge on any atom is 0.306 e. The fourth-order valence-corrected chi connectivity index (χ4v) is 10.3. The molecule has 69 heavy (non-hydrogen) atoms. The normalized spacial score (nSPS) is 12.0. The summed E-state index contributed by atoms with van der Waals surface area (Å²) >= 11 is 0. The van der Waals surface area contributed by atoms with Crippen LogP contribution in [0.5, 0.6) is 0 Å². The number of aliphatic hydroxyl groups excluding tert-OH is 1. The van der Waals surface area contributed by atoms with E-state index in [9.17, 15) is 14.7 Å². The van der Waals surface area contributed by atoms with Gasteiger partial charge in [0.1, 0.15) is 6.61 Å². The monoisotopic (exact) mass is 975 g/mol. The van der Waals surface area contributed by atoms with Gasteiger partial charge in [0.05, 0.1) is 6.61 Å². The van der Waals surface area contributed by atoms with E-state index in [4.69, 9.17) is 9.47 Å². The Kier molecular flexibility index (Phi) is 60.2. The van der Waals surface area contributed by atoms with E-state index in [1.165, 1.54) is 321 Å². The molecule has 5 nitrogen and oxygen atoms in total. The van der Waals surface area contributed by atoms with Crippen LogP contribution in [-0.4, -0.2) is 36.4 Å². The summed E-state index contributed by atoms with van der Waals surface area (Å²) in [4.78, 5) is 24.5. The number of carbonyl (C=O) groups excluding carboxylic acids is 2. The van der Waals surface area contributed by atoms with E-state index >= 15 is 0 Å². The lowest BCUT2D eigenvalue weighted by Crippen LogP contribution is -2.28. The van der Waals surface area contributed by atoms with Gasteiger partial charge in [-0.1, -0.05) is 354 Å². The van der Waals surface area contributed by atoms with Crippen LogP contribution in [-0.2, 0) is 19.1 Å². The molecule has 0 rings (SSSR count). The van der Waals surface area contributed by atoms with Gasteiger partial charge in [0.2, 0.25) is 0 Å². The van der Waals surface area contributed by atoms with Crippen molar-refractivity contribution in [3.8, 4) is 0 Å². The number of aliphatic hydroxyl groups is 1. The van der Waals surface area contributed by atoms with Crippen LogP contribution < -0.4 is 0 Å². The van der Waals surface area contributed by atoms with Gasteiger partial charge in [0.25, 0.3) is 0 Å². The Labute approximate surface area is 433 Å². The molecule has 0 bridgehead atoms. The number of ether oxygens (including phenoxy) is 2. The summed E-state index contributed by atoms with van der Waals surface area (Å²) in [5.74, 6) is -0.564. The number of esters is 2. The van der Waals surface area contributed by atoms with Crippen LogP contribution in [0.3, 0.4) is 0 Å². The Hall–Kier alpha value is -1.10. The van der Waals surface area contributed by atoms with Crippen molar-refractivity contribution < 1.29 is 24.2 Å². The zero-order chi connectivity index (χ0) is 49.9. The standard InChI is InChI=1S/C64H126O5/c1-3-5-7-9-11-13-15-17-19-20-21-22-23-24-25-26-27-28-29-30-31-32-33-34-35-36-37-38-39-40-41-42-43-45-47-49-51-53-55-57-59-64(67)69-62(60-65)61-68-63(66)58-56-54-52-50-48-46-44-18-16-14-12-10-8-6-4-2/h62,65H,3-61H2,1-2H3. The molecule has 0 saturated carbocycles. The maximum absolute atomic E-state index is 12.3. The van der Waals surface area contributed by atoms with Gasteiger partial charge in [0, 0.05) is 12.8 Å². The maximum atomic E-state index is 12.3. The Morgan fingerprint density at radius 3 is 0.638 bits per heavy atom. The highest BCUT2D eigenvalue weighted by Crippen LogP contribution is 2.19. The van der Waals surface area contributed by atoms with Gasteiger partial charge in [-0.05, 0) is 12.8 Å². The molecule has 1 unspecified atom stereocenters. The van der Waals surface area contributed by atoms with E-state index in [2.05, 4.69) is 13.8 Å². The van der Waals surface area contributed by atoms with Crippen LogP contribution in [0.25, 0.3) is 0 Å². The Bertz CT molecular complexity index is 968. The van der Waals surface area contributed by atoms with Crippen LogP contribution in [0, 0.1) is 0 Å². The van der Waals surface area contributed by atoms with Crippen molar-refractivity contribution in [3.63, 3.8) is 0 Å². The minimum absolute atomic E-state index is 0.0560. The fourth-order valence-electron chi connectivity index (χ4n) is 10.3. The van der Waals surface area contributed by atoms with Crippen LogP contribution in [0.4, 0.5) is 0 Å². The third-order valence-corrected chi connectivity index (χ3v) is 15.2. The van der Waals surface area contributed by atoms with E-state index < -0.39 is 6.10 Å². The molecule has 0 aromatic rings. The number of carbonyl (C=O) groups is 2. The minimum Gasteiger partial charge on any atom is -0.462 e. The van der Waals surface area contributed by atoms with Gasteiger partial charge in [0.15, 0.2) is 6.10 Å². The largest absolute Gasteiger partial charge is 0.462 e. The smallest absolute Gasteiger partial charge is 0.306 e. The predicted molar refractivity (Wildman–Crippen MR) is 302 cm³/mol. The van der Waals surface area contributed by atoms with Crippen molar-refractivity contribution in [2.45, 2.75) is 386 Å². The third kappa shape index (κ3) is 59.4.